The van der Waals surface area contributed by atoms with E-state index in [0.717, 1.165) is 5.56 Å². The third kappa shape index (κ3) is 5.66. The molecule has 1 heterocycles. The van der Waals surface area contributed by atoms with Crippen molar-refractivity contribution in [2.75, 3.05) is 49.2 Å². The van der Waals surface area contributed by atoms with Gasteiger partial charge in [-0.2, -0.15) is 0 Å². The van der Waals surface area contributed by atoms with E-state index in [1.807, 2.05) is 35.2 Å². The number of halogens is 1. The largest absolute Gasteiger partial charge is 0.444 e. The highest BCUT2D eigenvalue weighted by Gasteiger charge is 2.23. The summed E-state index contributed by atoms with van der Waals surface area (Å²) in [5, 5.41) is 9.96. The lowest BCUT2D eigenvalue weighted by Crippen LogP contribution is -2.41. The van der Waals surface area contributed by atoms with Crippen LogP contribution in [0.25, 0.3) is 0 Å². The number of ether oxygens (including phenoxy) is 2. The summed E-state index contributed by atoms with van der Waals surface area (Å²) >= 11 is 0. The van der Waals surface area contributed by atoms with Crippen LogP contribution in [0.15, 0.2) is 48.5 Å². The molecule has 29 heavy (non-hydrogen) atoms. The number of hydrogen-bond acceptors (Lipinski definition) is 6. The van der Waals surface area contributed by atoms with Gasteiger partial charge in [0.05, 0.1) is 37.2 Å². The lowest BCUT2D eigenvalue weighted by molar-refractivity contribution is 0.122. The van der Waals surface area contributed by atoms with Gasteiger partial charge in [0.1, 0.15) is 12.4 Å². The molecule has 156 valence electrons. The van der Waals surface area contributed by atoms with Crippen LogP contribution in [0.1, 0.15) is 5.56 Å². The monoisotopic (exact) mass is 403 g/mol. The summed E-state index contributed by atoms with van der Waals surface area (Å²) in [5.74, 6) is -0.451. The number of carbonyl (C=O) groups is 1. The van der Waals surface area contributed by atoms with Crippen LogP contribution >= 0.6 is 0 Å². The van der Waals surface area contributed by atoms with Gasteiger partial charge >= 0.3 is 6.09 Å². The Labute approximate surface area is 169 Å². The number of benzene rings is 2. The summed E-state index contributed by atoms with van der Waals surface area (Å²) in [6, 6.07) is 13.8. The quantitative estimate of drug-likeness (QED) is 0.736. The summed E-state index contributed by atoms with van der Waals surface area (Å²) < 4.78 is 25.4. The number of rotatable bonds is 7. The normalized spacial score (nSPS) is 15.1. The van der Waals surface area contributed by atoms with Crippen LogP contribution < -0.4 is 15.5 Å². The standard InChI is InChI=1S/C21H26FN3O4/c22-19-12-17(6-7-20(19)24-8-10-28-11-9-24)25(14-18(26)13-23)21(27)29-15-16-4-2-1-3-5-16/h1-7,12,18,26H,8-11,13-15,23H2. The first kappa shape index (κ1) is 21.0. The summed E-state index contributed by atoms with van der Waals surface area (Å²) in [7, 11) is 0. The van der Waals surface area contributed by atoms with Crippen LogP contribution in [-0.2, 0) is 16.1 Å². The van der Waals surface area contributed by atoms with E-state index in [-0.39, 0.29) is 19.7 Å². The Morgan fingerprint density at radius 3 is 2.62 bits per heavy atom. The highest BCUT2D eigenvalue weighted by atomic mass is 19.1. The number of morpholine rings is 1. The van der Waals surface area contributed by atoms with Crippen molar-refractivity contribution >= 4 is 17.5 Å². The molecule has 2 aromatic rings. The second-order valence-corrected chi connectivity index (χ2v) is 6.78. The van der Waals surface area contributed by atoms with Crippen LogP contribution in [0, 0.1) is 5.82 Å². The molecule has 0 bridgehead atoms. The topological polar surface area (TPSA) is 88.3 Å². The number of nitrogens with zero attached hydrogens (tertiary/aromatic N) is 2. The van der Waals surface area contributed by atoms with Gasteiger partial charge < -0.3 is 25.2 Å². The molecule has 1 unspecified atom stereocenters. The van der Waals surface area contributed by atoms with Crippen molar-refractivity contribution in [3.8, 4) is 0 Å². The zero-order valence-electron chi connectivity index (χ0n) is 16.2. The Morgan fingerprint density at radius 1 is 1.24 bits per heavy atom. The van der Waals surface area contributed by atoms with Gasteiger partial charge in [0.2, 0.25) is 0 Å². The van der Waals surface area contributed by atoms with Gasteiger partial charge in [0, 0.05) is 19.6 Å². The molecule has 1 amide bonds. The Bertz CT molecular complexity index is 800. The zero-order valence-corrected chi connectivity index (χ0v) is 16.2. The number of hydrogen-bond donors (Lipinski definition) is 2. The SMILES string of the molecule is NCC(O)CN(C(=O)OCc1ccccc1)c1ccc(N2CCOCC2)c(F)c1. The highest BCUT2D eigenvalue weighted by Crippen LogP contribution is 2.26. The van der Waals surface area contributed by atoms with Crippen molar-refractivity contribution in [1.29, 1.82) is 0 Å². The van der Waals surface area contributed by atoms with E-state index in [1.165, 1.54) is 11.0 Å². The number of aliphatic hydroxyl groups excluding tert-OH is 1. The predicted molar refractivity (Wildman–Crippen MR) is 108 cm³/mol. The fraction of sp³-hybridized carbons (Fsp3) is 0.381. The van der Waals surface area contributed by atoms with E-state index in [2.05, 4.69) is 0 Å². The summed E-state index contributed by atoms with van der Waals surface area (Å²) in [4.78, 5) is 15.8. The van der Waals surface area contributed by atoms with Crippen LogP contribution in [-0.4, -0.2) is 56.7 Å². The van der Waals surface area contributed by atoms with Gasteiger partial charge in [-0.3, -0.25) is 4.90 Å². The molecule has 0 spiro atoms. The van der Waals surface area contributed by atoms with Gasteiger partial charge in [-0.05, 0) is 23.8 Å². The molecule has 3 rings (SSSR count). The fourth-order valence-electron chi connectivity index (χ4n) is 3.09. The summed E-state index contributed by atoms with van der Waals surface area (Å²) in [6.45, 7) is 2.24. The van der Waals surface area contributed by atoms with Crippen LogP contribution in [0.3, 0.4) is 0 Å². The smallest absolute Gasteiger partial charge is 0.414 e. The van der Waals surface area contributed by atoms with E-state index in [0.29, 0.717) is 37.7 Å². The second-order valence-electron chi connectivity index (χ2n) is 6.78. The molecule has 2 aromatic carbocycles. The number of carbonyl (C=O) groups excluding carboxylic acids is 1. The molecule has 8 heteroatoms. The van der Waals surface area contributed by atoms with E-state index < -0.39 is 18.0 Å². The predicted octanol–water partition coefficient (Wildman–Crippen LogP) is 2.13. The van der Waals surface area contributed by atoms with Crippen molar-refractivity contribution in [3.63, 3.8) is 0 Å². The van der Waals surface area contributed by atoms with E-state index in [1.54, 1.807) is 12.1 Å². The minimum atomic E-state index is -0.957. The maximum atomic E-state index is 14.8. The van der Waals surface area contributed by atoms with E-state index >= 15 is 0 Å². The highest BCUT2D eigenvalue weighted by molar-refractivity contribution is 5.88. The second kappa shape index (κ2) is 10.2. The first-order valence-electron chi connectivity index (χ1n) is 9.57. The number of aliphatic hydroxyl groups is 1. The van der Waals surface area contributed by atoms with Gasteiger partial charge in [-0.25, -0.2) is 9.18 Å². The molecule has 1 aliphatic rings. The maximum Gasteiger partial charge on any atom is 0.414 e. The number of amides is 1. The van der Waals surface area contributed by atoms with Gasteiger partial charge in [-0.15, -0.1) is 0 Å². The average Bonchev–Trinajstić information content (AvgIpc) is 2.77. The molecule has 0 saturated carbocycles. The molecule has 0 aromatic heterocycles. The van der Waals surface area contributed by atoms with Crippen LogP contribution in [0.2, 0.25) is 0 Å². The molecule has 1 aliphatic heterocycles. The minimum absolute atomic E-state index is 0.0309. The zero-order chi connectivity index (χ0) is 20.6. The average molecular weight is 403 g/mol. The van der Waals surface area contributed by atoms with Crippen molar-refractivity contribution in [2.45, 2.75) is 12.7 Å². The van der Waals surface area contributed by atoms with Crippen molar-refractivity contribution in [3.05, 3.63) is 59.9 Å². The molecular formula is C21H26FN3O4. The molecule has 0 radical (unpaired) electrons. The van der Waals surface area contributed by atoms with Gasteiger partial charge in [0.15, 0.2) is 0 Å². The van der Waals surface area contributed by atoms with Crippen molar-refractivity contribution in [2.24, 2.45) is 5.73 Å². The summed E-state index contributed by atoms with van der Waals surface area (Å²) in [5.41, 5.74) is 7.07. The first-order chi connectivity index (χ1) is 14.1. The molecule has 0 aliphatic carbocycles. The Hall–Kier alpha value is -2.68. The van der Waals surface area contributed by atoms with Gasteiger partial charge in [0.25, 0.3) is 0 Å². The third-order valence-electron chi connectivity index (χ3n) is 4.69. The lowest BCUT2D eigenvalue weighted by Gasteiger charge is -2.30. The minimum Gasteiger partial charge on any atom is -0.444 e. The number of anilines is 2. The molecule has 1 saturated heterocycles. The van der Waals surface area contributed by atoms with Crippen LogP contribution in [0.4, 0.5) is 20.6 Å². The Kier molecular flexibility index (Phi) is 7.40. The molecule has 7 nitrogen and oxygen atoms in total. The number of nitrogens with two attached hydrogens (primary N) is 1. The maximum absolute atomic E-state index is 14.8. The molecular weight excluding hydrogens is 377 g/mol. The Balaban J connectivity index is 1.76. The van der Waals surface area contributed by atoms with E-state index in [4.69, 9.17) is 15.2 Å². The van der Waals surface area contributed by atoms with Gasteiger partial charge in [-0.1, -0.05) is 30.3 Å². The fourth-order valence-corrected chi connectivity index (χ4v) is 3.09. The van der Waals surface area contributed by atoms with Crippen LogP contribution in [0.5, 0.6) is 0 Å². The van der Waals surface area contributed by atoms with Crippen molar-refractivity contribution in [1.82, 2.24) is 0 Å². The van der Waals surface area contributed by atoms with Crippen molar-refractivity contribution < 1.29 is 23.8 Å². The first-order valence-corrected chi connectivity index (χ1v) is 9.57. The molecule has 1 atom stereocenters. The third-order valence-corrected chi connectivity index (χ3v) is 4.69. The molecule has 1 fully saturated rings. The van der Waals surface area contributed by atoms with E-state index in [9.17, 15) is 14.3 Å². The Morgan fingerprint density at radius 2 is 1.97 bits per heavy atom. The summed E-state index contributed by atoms with van der Waals surface area (Å²) in [6.07, 6.45) is -1.64. The lowest BCUT2D eigenvalue weighted by atomic mass is 10.2. The molecule has 3 N–H and O–H groups in total.